The zero-order valence-electron chi connectivity index (χ0n) is 7.74. The number of rotatable bonds is 5. The fourth-order valence-corrected chi connectivity index (χ4v) is 1.04. The summed E-state index contributed by atoms with van der Waals surface area (Å²) in [6, 6.07) is 0. The number of thioether (sulfide) groups is 1. The van der Waals surface area contributed by atoms with Crippen LogP contribution in [-0.4, -0.2) is 43.6 Å². The molecule has 0 aromatic carbocycles. The van der Waals surface area contributed by atoms with E-state index < -0.39 is 0 Å². The second-order valence-electron chi connectivity index (χ2n) is 2.31. The van der Waals surface area contributed by atoms with Gasteiger partial charge in [0, 0.05) is 31.6 Å². The Morgan fingerprint density at radius 2 is 2.33 bits per heavy atom. The summed E-state index contributed by atoms with van der Waals surface area (Å²) >= 11 is 1.78. The highest BCUT2D eigenvalue weighted by Crippen LogP contribution is 1.93. The van der Waals surface area contributed by atoms with E-state index in [-0.39, 0.29) is 5.97 Å². The van der Waals surface area contributed by atoms with Crippen molar-refractivity contribution in [3.63, 3.8) is 0 Å². The van der Waals surface area contributed by atoms with Crippen molar-refractivity contribution < 1.29 is 9.53 Å². The van der Waals surface area contributed by atoms with E-state index in [9.17, 15) is 4.79 Å². The molecule has 0 aromatic heterocycles. The van der Waals surface area contributed by atoms with E-state index in [4.69, 9.17) is 0 Å². The monoisotopic (exact) mass is 189 g/mol. The Kier molecular flexibility index (Phi) is 6.66. The maximum atomic E-state index is 10.6. The number of methoxy groups -OCH3 is 1. The van der Waals surface area contributed by atoms with Gasteiger partial charge in [-0.1, -0.05) is 0 Å². The van der Waals surface area contributed by atoms with Gasteiger partial charge in [0.2, 0.25) is 0 Å². The number of carbonyl (C=O) groups excluding carboxylic acids is 1. The lowest BCUT2D eigenvalue weighted by atomic mass is 10.5. The number of ether oxygens (including phenoxy) is 1. The molecule has 0 saturated carbocycles. The average molecular weight is 189 g/mol. The molecule has 0 aromatic rings. The van der Waals surface area contributed by atoms with Crippen molar-refractivity contribution in [1.82, 2.24) is 4.90 Å². The Bertz CT molecular complexity index is 159. The molecule has 0 bridgehead atoms. The second-order valence-corrected chi connectivity index (χ2v) is 3.30. The van der Waals surface area contributed by atoms with Gasteiger partial charge in [0.05, 0.1) is 7.11 Å². The molecule has 0 atom stereocenters. The summed E-state index contributed by atoms with van der Waals surface area (Å²) < 4.78 is 4.45. The molecule has 0 rings (SSSR count). The van der Waals surface area contributed by atoms with Gasteiger partial charge in [0.25, 0.3) is 0 Å². The minimum absolute atomic E-state index is 0.314. The van der Waals surface area contributed by atoms with Crippen molar-refractivity contribution in [2.45, 2.75) is 0 Å². The average Bonchev–Trinajstić information content (AvgIpc) is 2.10. The molecule has 0 radical (unpaired) electrons. The molecule has 0 heterocycles. The molecule has 0 N–H and O–H groups in total. The van der Waals surface area contributed by atoms with Crippen molar-refractivity contribution in [2.24, 2.45) is 0 Å². The van der Waals surface area contributed by atoms with E-state index in [1.54, 1.807) is 18.0 Å². The van der Waals surface area contributed by atoms with Crippen LogP contribution in [0.4, 0.5) is 0 Å². The molecule has 0 unspecified atom stereocenters. The van der Waals surface area contributed by atoms with Crippen molar-refractivity contribution >= 4 is 17.7 Å². The van der Waals surface area contributed by atoms with Crippen molar-refractivity contribution in [3.8, 4) is 0 Å². The van der Waals surface area contributed by atoms with Crippen molar-refractivity contribution in [2.75, 3.05) is 32.7 Å². The molecule has 0 saturated heterocycles. The Morgan fingerprint density at radius 1 is 1.67 bits per heavy atom. The fraction of sp³-hybridized carbons (Fsp3) is 0.625. The number of nitrogens with zero attached hydrogens (tertiary/aromatic N) is 1. The minimum Gasteiger partial charge on any atom is -0.466 e. The van der Waals surface area contributed by atoms with E-state index in [1.165, 1.54) is 13.2 Å². The van der Waals surface area contributed by atoms with Gasteiger partial charge in [-0.25, -0.2) is 4.79 Å². The molecule has 4 heteroatoms. The molecular formula is C8H15NO2S. The smallest absolute Gasteiger partial charge is 0.331 e. The lowest BCUT2D eigenvalue weighted by Gasteiger charge is -2.11. The van der Waals surface area contributed by atoms with Crippen LogP contribution in [0.5, 0.6) is 0 Å². The first-order valence-electron chi connectivity index (χ1n) is 3.66. The first-order chi connectivity index (χ1) is 5.70. The Morgan fingerprint density at radius 3 is 2.83 bits per heavy atom. The highest BCUT2D eigenvalue weighted by Gasteiger charge is 1.93. The summed E-state index contributed by atoms with van der Waals surface area (Å²) in [7, 11) is 3.30. The van der Waals surface area contributed by atoms with Crippen molar-refractivity contribution in [1.29, 1.82) is 0 Å². The predicted molar refractivity (Wildman–Crippen MR) is 52.2 cm³/mol. The number of esters is 1. The molecule has 12 heavy (non-hydrogen) atoms. The molecule has 3 nitrogen and oxygen atoms in total. The summed E-state index contributed by atoms with van der Waals surface area (Å²) in [6.07, 6.45) is 5.19. The van der Waals surface area contributed by atoms with E-state index in [0.29, 0.717) is 0 Å². The van der Waals surface area contributed by atoms with E-state index in [0.717, 1.165) is 12.3 Å². The molecule has 0 fully saturated rings. The minimum atomic E-state index is -0.314. The summed E-state index contributed by atoms with van der Waals surface area (Å²) in [4.78, 5) is 12.6. The molecule has 0 aliphatic carbocycles. The van der Waals surface area contributed by atoms with Crippen LogP contribution in [0.3, 0.4) is 0 Å². The third-order valence-corrected chi connectivity index (χ3v) is 1.91. The van der Waals surface area contributed by atoms with Gasteiger partial charge >= 0.3 is 5.97 Å². The largest absolute Gasteiger partial charge is 0.466 e. The maximum Gasteiger partial charge on any atom is 0.331 e. The zero-order valence-corrected chi connectivity index (χ0v) is 8.56. The van der Waals surface area contributed by atoms with Crippen LogP contribution in [0.25, 0.3) is 0 Å². The van der Waals surface area contributed by atoms with Crippen LogP contribution >= 0.6 is 11.8 Å². The van der Waals surface area contributed by atoms with Crippen LogP contribution in [0.2, 0.25) is 0 Å². The standard InChI is InChI=1S/C8H15NO2S/c1-9(6-7-12-3)5-4-8(10)11-2/h4-5H,6-7H2,1-3H3/b5-4+. The van der Waals surface area contributed by atoms with Crippen LogP contribution < -0.4 is 0 Å². The normalized spacial score (nSPS) is 10.2. The lowest BCUT2D eigenvalue weighted by molar-refractivity contribution is -0.134. The number of carbonyl (C=O) groups is 1. The van der Waals surface area contributed by atoms with Crippen LogP contribution in [0.1, 0.15) is 0 Å². The van der Waals surface area contributed by atoms with Crippen LogP contribution in [-0.2, 0) is 9.53 Å². The molecule has 0 aliphatic rings. The Hall–Kier alpha value is -0.640. The quantitative estimate of drug-likeness (QED) is 0.476. The zero-order chi connectivity index (χ0) is 9.40. The summed E-state index contributed by atoms with van der Waals surface area (Å²) in [5, 5.41) is 0. The summed E-state index contributed by atoms with van der Waals surface area (Å²) in [5.41, 5.74) is 0. The Labute approximate surface area is 77.8 Å². The van der Waals surface area contributed by atoms with Gasteiger partial charge in [-0.3, -0.25) is 0 Å². The first kappa shape index (κ1) is 11.4. The molecule has 70 valence electrons. The van der Waals surface area contributed by atoms with E-state index >= 15 is 0 Å². The first-order valence-corrected chi connectivity index (χ1v) is 5.05. The molecule has 0 spiro atoms. The molecule has 0 amide bonds. The number of hydrogen-bond acceptors (Lipinski definition) is 4. The SMILES string of the molecule is COC(=O)/C=C/N(C)CCSC. The number of hydrogen-bond donors (Lipinski definition) is 0. The molecule has 0 aliphatic heterocycles. The van der Waals surface area contributed by atoms with Gasteiger partial charge in [-0.05, 0) is 6.26 Å². The van der Waals surface area contributed by atoms with Gasteiger partial charge in [-0.15, -0.1) is 0 Å². The Balaban J connectivity index is 3.59. The van der Waals surface area contributed by atoms with Gasteiger partial charge in [0.15, 0.2) is 0 Å². The second kappa shape index (κ2) is 7.03. The van der Waals surface area contributed by atoms with Crippen molar-refractivity contribution in [3.05, 3.63) is 12.3 Å². The topological polar surface area (TPSA) is 29.5 Å². The third kappa shape index (κ3) is 6.09. The highest BCUT2D eigenvalue weighted by molar-refractivity contribution is 7.98. The van der Waals surface area contributed by atoms with Crippen LogP contribution in [0, 0.1) is 0 Å². The lowest BCUT2D eigenvalue weighted by Crippen LogP contribution is -2.14. The van der Waals surface area contributed by atoms with Gasteiger partial charge in [-0.2, -0.15) is 11.8 Å². The highest BCUT2D eigenvalue weighted by atomic mass is 32.2. The summed E-state index contributed by atoms with van der Waals surface area (Å²) in [6.45, 7) is 0.939. The fourth-order valence-electron chi connectivity index (χ4n) is 0.566. The van der Waals surface area contributed by atoms with Gasteiger partial charge < -0.3 is 9.64 Å². The maximum absolute atomic E-state index is 10.6. The molecular weight excluding hydrogens is 174 g/mol. The van der Waals surface area contributed by atoms with E-state index in [1.807, 2.05) is 11.9 Å². The third-order valence-electron chi connectivity index (χ3n) is 1.31. The van der Waals surface area contributed by atoms with Crippen LogP contribution in [0.15, 0.2) is 12.3 Å². The van der Waals surface area contributed by atoms with E-state index in [2.05, 4.69) is 11.0 Å². The van der Waals surface area contributed by atoms with Gasteiger partial charge in [0.1, 0.15) is 0 Å². The summed E-state index contributed by atoms with van der Waals surface area (Å²) in [5.74, 6) is 0.744. The predicted octanol–water partition coefficient (Wildman–Crippen LogP) is 0.968.